The summed E-state index contributed by atoms with van der Waals surface area (Å²) in [7, 11) is 0. The van der Waals surface area contributed by atoms with Crippen molar-refractivity contribution in [3.05, 3.63) is 44.0 Å². The number of carbonyl (C=O) groups excluding carboxylic acids is 1. The zero-order valence-electron chi connectivity index (χ0n) is 9.81. The van der Waals surface area contributed by atoms with Crippen LogP contribution >= 0.6 is 12.6 Å². The predicted octanol–water partition coefficient (Wildman–Crippen LogP) is 2.04. The monoisotopic (exact) mass is 286 g/mol. The minimum atomic E-state index is -1.17. The number of hydrogen-bond acceptors (Lipinski definition) is 7. The van der Waals surface area contributed by atoms with E-state index in [1.54, 1.807) is 6.92 Å². The molecule has 0 aliphatic carbocycles. The van der Waals surface area contributed by atoms with Gasteiger partial charge in [-0.3, -0.25) is 25.0 Å². The summed E-state index contributed by atoms with van der Waals surface area (Å²) >= 11 is 3.95. The Kier molecular flexibility index (Phi) is 4.81. The highest BCUT2D eigenvalue weighted by Gasteiger charge is 2.28. The van der Waals surface area contributed by atoms with Crippen LogP contribution in [0, 0.1) is 20.2 Å². The summed E-state index contributed by atoms with van der Waals surface area (Å²) in [5.41, 5.74) is -1.01. The Bertz CT molecular complexity index is 533. The maximum absolute atomic E-state index is 11.5. The van der Waals surface area contributed by atoms with Gasteiger partial charge in [0.15, 0.2) is 0 Å². The average Bonchev–Trinajstić information content (AvgIpc) is 2.37. The number of nitro benzene ring substituents is 2. The molecular weight excluding hydrogens is 276 g/mol. The van der Waals surface area contributed by atoms with Gasteiger partial charge in [0.2, 0.25) is 0 Å². The lowest BCUT2D eigenvalue weighted by molar-refractivity contribution is -0.394. The molecule has 1 rings (SSSR count). The molecule has 19 heavy (non-hydrogen) atoms. The van der Waals surface area contributed by atoms with E-state index in [2.05, 4.69) is 12.6 Å². The molecule has 0 aromatic heterocycles. The van der Waals surface area contributed by atoms with Crippen molar-refractivity contribution in [1.82, 2.24) is 0 Å². The third-order valence-electron chi connectivity index (χ3n) is 2.23. The summed E-state index contributed by atoms with van der Waals surface area (Å²) in [5, 5.41) is 20.3. The molecule has 1 atom stereocenters. The van der Waals surface area contributed by atoms with Crippen LogP contribution in [0.2, 0.25) is 0 Å². The SMILES string of the molecule is CCOC(=O)[C@@H](S)c1ccc([N+](=O)[O-])cc1[N+](=O)[O-]. The number of non-ortho nitro benzene ring substituents is 1. The third-order valence-corrected chi connectivity index (χ3v) is 2.71. The first kappa shape index (κ1) is 14.9. The van der Waals surface area contributed by atoms with Gasteiger partial charge in [-0.2, -0.15) is 12.6 Å². The Morgan fingerprint density at radius 3 is 2.47 bits per heavy atom. The molecule has 0 saturated carbocycles. The molecule has 1 aromatic carbocycles. The van der Waals surface area contributed by atoms with E-state index >= 15 is 0 Å². The van der Waals surface area contributed by atoms with Crippen molar-refractivity contribution in [3.8, 4) is 0 Å². The van der Waals surface area contributed by atoms with E-state index in [4.69, 9.17) is 4.74 Å². The summed E-state index contributed by atoms with van der Waals surface area (Å²) in [6.45, 7) is 1.69. The van der Waals surface area contributed by atoms with Gasteiger partial charge in [-0.25, -0.2) is 0 Å². The van der Waals surface area contributed by atoms with Crippen LogP contribution in [0.5, 0.6) is 0 Å². The molecule has 0 N–H and O–H groups in total. The summed E-state index contributed by atoms with van der Waals surface area (Å²) in [4.78, 5) is 31.4. The standard InChI is InChI=1S/C10H10N2O6S/c1-2-18-10(13)9(19)7-4-3-6(11(14)15)5-8(7)12(16)17/h3-5,9,19H,2H2,1H3/t9-/m0/s1. The average molecular weight is 286 g/mol. The lowest BCUT2D eigenvalue weighted by Gasteiger charge is -2.10. The fourth-order valence-corrected chi connectivity index (χ4v) is 1.68. The van der Waals surface area contributed by atoms with E-state index in [0.717, 1.165) is 18.2 Å². The van der Waals surface area contributed by atoms with E-state index in [9.17, 15) is 25.0 Å². The van der Waals surface area contributed by atoms with Crippen molar-refractivity contribution in [2.45, 2.75) is 12.2 Å². The summed E-state index contributed by atoms with van der Waals surface area (Å²) in [6.07, 6.45) is 0. The zero-order chi connectivity index (χ0) is 14.6. The van der Waals surface area contributed by atoms with E-state index in [1.807, 2.05) is 0 Å². The number of nitrogens with zero attached hydrogens (tertiary/aromatic N) is 2. The van der Waals surface area contributed by atoms with Crippen LogP contribution in [0.3, 0.4) is 0 Å². The Hall–Kier alpha value is -2.16. The number of thiol groups is 1. The summed E-state index contributed by atoms with van der Waals surface area (Å²) in [6, 6.07) is 2.99. The molecule has 0 heterocycles. The first-order valence-corrected chi connectivity index (χ1v) is 5.67. The maximum Gasteiger partial charge on any atom is 0.323 e. The molecular formula is C10H10N2O6S. The number of benzene rings is 1. The van der Waals surface area contributed by atoms with Crippen LogP contribution in [0.15, 0.2) is 18.2 Å². The Balaban J connectivity index is 3.23. The van der Waals surface area contributed by atoms with Crippen molar-refractivity contribution < 1.29 is 19.4 Å². The minimum absolute atomic E-state index is 0.0441. The van der Waals surface area contributed by atoms with Crippen LogP contribution in [0.1, 0.15) is 17.7 Å². The van der Waals surface area contributed by atoms with Crippen LogP contribution in [0.4, 0.5) is 11.4 Å². The molecule has 0 aliphatic rings. The van der Waals surface area contributed by atoms with Gasteiger partial charge in [0.25, 0.3) is 11.4 Å². The molecule has 0 saturated heterocycles. The summed E-state index contributed by atoms with van der Waals surface area (Å²) in [5.74, 6) is -0.747. The van der Waals surface area contributed by atoms with Gasteiger partial charge in [0, 0.05) is 6.07 Å². The van der Waals surface area contributed by atoms with E-state index < -0.39 is 32.4 Å². The van der Waals surface area contributed by atoms with E-state index in [0.29, 0.717) is 0 Å². The number of hydrogen-bond donors (Lipinski definition) is 1. The molecule has 0 fully saturated rings. The molecule has 0 radical (unpaired) electrons. The fourth-order valence-electron chi connectivity index (χ4n) is 1.38. The van der Waals surface area contributed by atoms with Crippen molar-refractivity contribution in [3.63, 3.8) is 0 Å². The lowest BCUT2D eigenvalue weighted by Crippen LogP contribution is -2.12. The van der Waals surface area contributed by atoms with Gasteiger partial charge in [-0.05, 0) is 13.0 Å². The van der Waals surface area contributed by atoms with Crippen molar-refractivity contribution in [1.29, 1.82) is 0 Å². The highest BCUT2D eigenvalue weighted by Crippen LogP contribution is 2.33. The van der Waals surface area contributed by atoms with Crippen molar-refractivity contribution >= 4 is 30.0 Å². The number of rotatable bonds is 5. The number of ether oxygens (including phenoxy) is 1. The molecule has 0 spiro atoms. The van der Waals surface area contributed by atoms with Crippen LogP contribution in [0.25, 0.3) is 0 Å². The fraction of sp³-hybridized carbons (Fsp3) is 0.300. The van der Waals surface area contributed by atoms with Crippen LogP contribution < -0.4 is 0 Å². The smallest absolute Gasteiger partial charge is 0.323 e. The molecule has 102 valence electrons. The van der Waals surface area contributed by atoms with Gasteiger partial charge >= 0.3 is 5.97 Å². The Labute approximate surface area is 113 Å². The van der Waals surface area contributed by atoms with E-state index in [1.165, 1.54) is 0 Å². The third kappa shape index (κ3) is 3.41. The minimum Gasteiger partial charge on any atom is -0.465 e. The Morgan fingerprint density at radius 1 is 1.37 bits per heavy atom. The van der Waals surface area contributed by atoms with Gasteiger partial charge < -0.3 is 4.74 Å². The van der Waals surface area contributed by atoms with Gasteiger partial charge in [-0.15, -0.1) is 0 Å². The molecule has 0 aliphatic heterocycles. The molecule has 0 amide bonds. The molecule has 1 aromatic rings. The summed E-state index contributed by atoms with van der Waals surface area (Å²) < 4.78 is 4.70. The van der Waals surface area contributed by atoms with Gasteiger partial charge in [-0.1, -0.05) is 0 Å². The second kappa shape index (κ2) is 6.14. The number of carbonyl (C=O) groups is 1. The van der Waals surface area contributed by atoms with Crippen molar-refractivity contribution in [2.24, 2.45) is 0 Å². The lowest BCUT2D eigenvalue weighted by atomic mass is 10.1. The Morgan fingerprint density at radius 2 is 2.00 bits per heavy atom. The first-order chi connectivity index (χ1) is 8.88. The molecule has 9 heteroatoms. The zero-order valence-corrected chi connectivity index (χ0v) is 10.7. The first-order valence-electron chi connectivity index (χ1n) is 5.16. The number of esters is 1. The predicted molar refractivity (Wildman–Crippen MR) is 68.1 cm³/mol. The second-order valence-corrected chi connectivity index (χ2v) is 3.93. The number of nitro groups is 2. The van der Waals surface area contributed by atoms with Gasteiger partial charge in [0.1, 0.15) is 5.25 Å². The molecule has 0 bridgehead atoms. The highest BCUT2D eigenvalue weighted by molar-refractivity contribution is 7.81. The van der Waals surface area contributed by atoms with E-state index in [-0.39, 0.29) is 12.2 Å². The van der Waals surface area contributed by atoms with Crippen LogP contribution in [-0.2, 0) is 9.53 Å². The molecule has 8 nitrogen and oxygen atoms in total. The van der Waals surface area contributed by atoms with Crippen molar-refractivity contribution in [2.75, 3.05) is 6.61 Å². The topological polar surface area (TPSA) is 113 Å². The second-order valence-electron chi connectivity index (χ2n) is 3.41. The highest BCUT2D eigenvalue weighted by atomic mass is 32.1. The normalized spacial score (nSPS) is 11.7. The molecule has 0 unspecified atom stereocenters. The van der Waals surface area contributed by atoms with Crippen LogP contribution in [-0.4, -0.2) is 22.4 Å². The van der Waals surface area contributed by atoms with Gasteiger partial charge in [0.05, 0.1) is 28.1 Å². The largest absolute Gasteiger partial charge is 0.465 e. The quantitative estimate of drug-likeness (QED) is 0.383. The maximum atomic E-state index is 11.5.